The molecule has 0 bridgehead atoms. The predicted octanol–water partition coefficient (Wildman–Crippen LogP) is 2.16. The average molecular weight is 317 g/mol. The number of ether oxygens (including phenoxy) is 1. The van der Waals surface area contributed by atoms with Gasteiger partial charge in [0.25, 0.3) is 5.91 Å². The Balaban J connectivity index is 1.98. The number of hydrogen-bond donors (Lipinski definition) is 1. The summed E-state index contributed by atoms with van der Waals surface area (Å²) >= 11 is 0. The molecule has 1 aromatic rings. The van der Waals surface area contributed by atoms with Crippen LogP contribution < -0.4 is 4.74 Å². The highest BCUT2D eigenvalue weighted by molar-refractivity contribution is 5.85. The molecule has 0 saturated carbocycles. The zero-order valence-electron chi connectivity index (χ0n) is 11.5. The Morgan fingerprint density at radius 2 is 2.09 bits per heavy atom. The fourth-order valence-corrected chi connectivity index (χ4v) is 2.31. The molecule has 1 fully saturated rings. The Hall–Kier alpha value is -2.25. The van der Waals surface area contributed by atoms with Gasteiger partial charge in [-0.3, -0.25) is 4.79 Å². The summed E-state index contributed by atoms with van der Waals surface area (Å²) in [5.74, 6) is -1.73. The Kier molecular flexibility index (Phi) is 4.58. The molecule has 1 aliphatic rings. The van der Waals surface area contributed by atoms with Crippen LogP contribution in [0.4, 0.5) is 13.2 Å². The van der Waals surface area contributed by atoms with Crippen molar-refractivity contribution in [2.24, 2.45) is 0 Å². The number of nitrogens with zero attached hydrogens (tertiary/aromatic N) is 1. The van der Waals surface area contributed by atoms with E-state index >= 15 is 0 Å². The minimum Gasteiger partial charge on any atom is -0.484 e. The van der Waals surface area contributed by atoms with Crippen LogP contribution in [-0.2, 0) is 15.8 Å². The highest BCUT2D eigenvalue weighted by Crippen LogP contribution is 2.31. The van der Waals surface area contributed by atoms with E-state index in [1.54, 1.807) is 0 Å². The number of benzene rings is 1. The van der Waals surface area contributed by atoms with Crippen LogP contribution in [-0.4, -0.2) is 41.1 Å². The van der Waals surface area contributed by atoms with Crippen LogP contribution >= 0.6 is 0 Å². The Morgan fingerprint density at radius 1 is 1.36 bits per heavy atom. The molecule has 8 heteroatoms. The number of hydrogen-bond acceptors (Lipinski definition) is 3. The van der Waals surface area contributed by atoms with Crippen molar-refractivity contribution in [2.75, 3.05) is 13.2 Å². The standard InChI is InChI=1S/C14H14F3NO4/c15-14(16,17)9-3-1-4-10(7-9)22-8-12(19)18-6-2-5-11(18)13(20)21/h1,3-4,7,11H,2,5-6,8H2,(H,20,21)/t11-/m0/s1. The summed E-state index contributed by atoms with van der Waals surface area (Å²) in [6, 6.07) is 3.29. The van der Waals surface area contributed by atoms with Gasteiger partial charge in [0.2, 0.25) is 0 Å². The monoisotopic (exact) mass is 317 g/mol. The van der Waals surface area contributed by atoms with Gasteiger partial charge in [-0.15, -0.1) is 0 Å². The second kappa shape index (κ2) is 6.25. The maximum Gasteiger partial charge on any atom is 0.416 e. The molecule has 1 N–H and O–H groups in total. The maximum atomic E-state index is 12.6. The van der Waals surface area contributed by atoms with E-state index in [4.69, 9.17) is 9.84 Å². The summed E-state index contributed by atoms with van der Waals surface area (Å²) in [6.45, 7) is -0.188. The fraction of sp³-hybridized carbons (Fsp3) is 0.429. The number of carboxylic acids is 1. The van der Waals surface area contributed by atoms with E-state index in [0.29, 0.717) is 19.4 Å². The molecule has 1 amide bonds. The van der Waals surface area contributed by atoms with E-state index in [0.717, 1.165) is 12.1 Å². The third-order valence-electron chi connectivity index (χ3n) is 3.38. The zero-order chi connectivity index (χ0) is 16.3. The van der Waals surface area contributed by atoms with Crippen molar-refractivity contribution in [2.45, 2.75) is 25.1 Å². The minimum absolute atomic E-state index is 0.0887. The van der Waals surface area contributed by atoms with Gasteiger partial charge in [-0.2, -0.15) is 13.2 Å². The first-order valence-corrected chi connectivity index (χ1v) is 6.61. The molecule has 1 atom stereocenters. The lowest BCUT2D eigenvalue weighted by Crippen LogP contribution is -2.42. The third kappa shape index (κ3) is 3.69. The molecule has 2 rings (SSSR count). The average Bonchev–Trinajstić information content (AvgIpc) is 2.94. The molecule has 1 heterocycles. The van der Waals surface area contributed by atoms with Gasteiger partial charge < -0.3 is 14.7 Å². The van der Waals surface area contributed by atoms with Crippen LogP contribution in [0.2, 0.25) is 0 Å². The van der Waals surface area contributed by atoms with E-state index in [2.05, 4.69) is 0 Å². The van der Waals surface area contributed by atoms with Crippen LogP contribution in [0.25, 0.3) is 0 Å². The largest absolute Gasteiger partial charge is 0.484 e. The van der Waals surface area contributed by atoms with E-state index in [1.165, 1.54) is 17.0 Å². The number of halogens is 3. The molecule has 120 valence electrons. The summed E-state index contributed by atoms with van der Waals surface area (Å²) in [5, 5.41) is 8.98. The maximum absolute atomic E-state index is 12.6. The lowest BCUT2D eigenvalue weighted by Gasteiger charge is -2.21. The number of carbonyl (C=O) groups is 2. The molecular formula is C14H14F3NO4. The lowest BCUT2D eigenvalue weighted by atomic mass is 10.2. The normalized spacial score (nSPS) is 18.3. The number of amides is 1. The van der Waals surface area contributed by atoms with Crippen LogP contribution in [0.5, 0.6) is 5.75 Å². The van der Waals surface area contributed by atoms with Gasteiger partial charge in [-0.05, 0) is 31.0 Å². The Labute approximate surface area is 124 Å². The van der Waals surface area contributed by atoms with Crippen LogP contribution in [0.1, 0.15) is 18.4 Å². The molecule has 1 aliphatic heterocycles. The number of rotatable bonds is 4. The molecule has 0 unspecified atom stereocenters. The van der Waals surface area contributed by atoms with Gasteiger partial charge in [0.1, 0.15) is 11.8 Å². The second-order valence-corrected chi connectivity index (χ2v) is 4.90. The predicted molar refractivity (Wildman–Crippen MR) is 69.3 cm³/mol. The van der Waals surface area contributed by atoms with E-state index in [-0.39, 0.29) is 5.75 Å². The van der Waals surface area contributed by atoms with Crippen LogP contribution in [0, 0.1) is 0 Å². The van der Waals surface area contributed by atoms with Gasteiger partial charge in [-0.1, -0.05) is 6.07 Å². The first-order chi connectivity index (χ1) is 10.3. The van der Waals surface area contributed by atoms with Gasteiger partial charge in [0.15, 0.2) is 6.61 Å². The van der Waals surface area contributed by atoms with Crippen molar-refractivity contribution in [1.29, 1.82) is 0 Å². The van der Waals surface area contributed by atoms with E-state index in [1.807, 2.05) is 0 Å². The zero-order valence-corrected chi connectivity index (χ0v) is 11.5. The minimum atomic E-state index is -4.49. The van der Waals surface area contributed by atoms with E-state index < -0.39 is 36.3 Å². The molecule has 22 heavy (non-hydrogen) atoms. The smallest absolute Gasteiger partial charge is 0.416 e. The van der Waals surface area contributed by atoms with Crippen molar-refractivity contribution in [3.8, 4) is 5.75 Å². The summed E-state index contributed by atoms with van der Waals surface area (Å²) in [6.07, 6.45) is -3.55. The van der Waals surface area contributed by atoms with Crippen LogP contribution in [0.15, 0.2) is 24.3 Å². The van der Waals surface area contributed by atoms with Gasteiger partial charge in [0, 0.05) is 6.54 Å². The summed E-state index contributed by atoms with van der Waals surface area (Å²) in [4.78, 5) is 24.1. The van der Waals surface area contributed by atoms with Gasteiger partial charge in [-0.25, -0.2) is 4.79 Å². The highest BCUT2D eigenvalue weighted by atomic mass is 19.4. The number of likely N-dealkylation sites (tertiary alicyclic amines) is 1. The van der Waals surface area contributed by atoms with Gasteiger partial charge >= 0.3 is 12.1 Å². The number of alkyl halides is 3. The SMILES string of the molecule is O=C(O)[C@@H]1CCCN1C(=O)COc1cccc(C(F)(F)F)c1. The Bertz CT molecular complexity index is 573. The Morgan fingerprint density at radius 3 is 2.73 bits per heavy atom. The number of aliphatic carboxylic acids is 1. The quantitative estimate of drug-likeness (QED) is 0.924. The van der Waals surface area contributed by atoms with Crippen molar-refractivity contribution in [3.63, 3.8) is 0 Å². The molecule has 5 nitrogen and oxygen atoms in total. The first-order valence-electron chi connectivity index (χ1n) is 6.61. The molecule has 0 radical (unpaired) electrons. The first kappa shape index (κ1) is 16.1. The summed E-state index contributed by atoms with van der Waals surface area (Å²) in [7, 11) is 0. The molecule has 1 saturated heterocycles. The molecule has 0 aliphatic carbocycles. The molecular weight excluding hydrogens is 303 g/mol. The molecule has 0 spiro atoms. The lowest BCUT2D eigenvalue weighted by molar-refractivity contribution is -0.149. The summed E-state index contributed by atoms with van der Waals surface area (Å²) in [5.41, 5.74) is -0.873. The topological polar surface area (TPSA) is 66.8 Å². The van der Waals surface area contributed by atoms with Crippen LogP contribution in [0.3, 0.4) is 0 Å². The van der Waals surface area contributed by atoms with Crippen molar-refractivity contribution >= 4 is 11.9 Å². The van der Waals surface area contributed by atoms with Crippen molar-refractivity contribution in [3.05, 3.63) is 29.8 Å². The molecule has 0 aromatic heterocycles. The third-order valence-corrected chi connectivity index (χ3v) is 3.38. The van der Waals surface area contributed by atoms with Gasteiger partial charge in [0.05, 0.1) is 5.56 Å². The highest BCUT2D eigenvalue weighted by Gasteiger charge is 2.34. The summed E-state index contributed by atoms with van der Waals surface area (Å²) < 4.78 is 42.7. The molecule has 1 aromatic carbocycles. The number of carbonyl (C=O) groups excluding carboxylic acids is 1. The number of carboxylic acid groups (broad SMARTS) is 1. The van der Waals surface area contributed by atoms with Crippen molar-refractivity contribution in [1.82, 2.24) is 4.90 Å². The van der Waals surface area contributed by atoms with Crippen molar-refractivity contribution < 1.29 is 32.6 Å². The fourth-order valence-electron chi connectivity index (χ4n) is 2.31. The second-order valence-electron chi connectivity index (χ2n) is 4.90. The van der Waals surface area contributed by atoms with E-state index in [9.17, 15) is 22.8 Å².